The van der Waals surface area contributed by atoms with E-state index in [0.29, 0.717) is 5.92 Å². The Bertz CT molecular complexity index is 397. The minimum atomic E-state index is 0.500. The summed E-state index contributed by atoms with van der Waals surface area (Å²) < 4.78 is 5.17. The number of rotatable bonds is 1. The van der Waals surface area contributed by atoms with Gasteiger partial charge >= 0.3 is 0 Å². The van der Waals surface area contributed by atoms with Gasteiger partial charge in [-0.15, -0.1) is 0 Å². The number of nitrogens with one attached hydrogen (secondary N) is 1. The zero-order chi connectivity index (χ0) is 11.2. The van der Waals surface area contributed by atoms with Crippen molar-refractivity contribution in [2.24, 2.45) is 5.92 Å². The Labute approximate surface area is 97.0 Å². The summed E-state index contributed by atoms with van der Waals surface area (Å²) in [5.41, 5.74) is 1.03. The van der Waals surface area contributed by atoms with Crippen molar-refractivity contribution >= 4 is 0 Å². The van der Waals surface area contributed by atoms with Crippen LogP contribution in [0, 0.1) is 17.8 Å². The van der Waals surface area contributed by atoms with Crippen molar-refractivity contribution in [3.63, 3.8) is 0 Å². The van der Waals surface area contributed by atoms with Gasteiger partial charge in [0.05, 0.1) is 7.11 Å². The average molecular weight is 215 g/mol. The van der Waals surface area contributed by atoms with E-state index >= 15 is 0 Å². The van der Waals surface area contributed by atoms with E-state index in [0.717, 1.165) is 24.4 Å². The van der Waals surface area contributed by atoms with E-state index in [1.807, 2.05) is 24.3 Å². The molecule has 1 aromatic rings. The highest BCUT2D eigenvalue weighted by Crippen LogP contribution is 2.12. The molecule has 2 nitrogen and oxygen atoms in total. The van der Waals surface area contributed by atoms with Crippen molar-refractivity contribution in [3.05, 3.63) is 29.8 Å². The van der Waals surface area contributed by atoms with Gasteiger partial charge in [-0.05, 0) is 37.6 Å². The first-order chi connectivity index (χ1) is 7.88. The van der Waals surface area contributed by atoms with Crippen molar-refractivity contribution in [2.45, 2.75) is 12.8 Å². The second-order valence-electron chi connectivity index (χ2n) is 4.04. The second-order valence-corrected chi connectivity index (χ2v) is 4.04. The van der Waals surface area contributed by atoms with Gasteiger partial charge in [0.25, 0.3) is 0 Å². The minimum Gasteiger partial charge on any atom is -0.497 e. The molecule has 0 radical (unpaired) electrons. The lowest BCUT2D eigenvalue weighted by Gasteiger charge is -2.17. The van der Waals surface area contributed by atoms with Gasteiger partial charge in [-0.2, -0.15) is 0 Å². The number of methoxy groups -OCH3 is 1. The maximum Gasteiger partial charge on any atom is 0.120 e. The molecule has 1 unspecified atom stereocenters. The molecule has 16 heavy (non-hydrogen) atoms. The fourth-order valence-electron chi connectivity index (χ4n) is 1.86. The largest absolute Gasteiger partial charge is 0.497 e. The Morgan fingerprint density at radius 1 is 1.44 bits per heavy atom. The number of ether oxygens (including phenoxy) is 1. The van der Waals surface area contributed by atoms with Crippen molar-refractivity contribution in [1.29, 1.82) is 0 Å². The van der Waals surface area contributed by atoms with E-state index in [1.165, 1.54) is 12.8 Å². The highest BCUT2D eigenvalue weighted by Gasteiger charge is 2.08. The van der Waals surface area contributed by atoms with Gasteiger partial charge in [-0.25, -0.2) is 0 Å². The van der Waals surface area contributed by atoms with E-state index in [1.54, 1.807) is 7.11 Å². The van der Waals surface area contributed by atoms with Gasteiger partial charge in [-0.1, -0.05) is 17.9 Å². The molecule has 0 amide bonds. The van der Waals surface area contributed by atoms with Crippen molar-refractivity contribution < 1.29 is 4.74 Å². The summed E-state index contributed by atoms with van der Waals surface area (Å²) in [7, 11) is 1.68. The van der Waals surface area contributed by atoms with E-state index in [4.69, 9.17) is 4.74 Å². The smallest absolute Gasteiger partial charge is 0.120 e. The lowest BCUT2D eigenvalue weighted by Crippen LogP contribution is -2.28. The van der Waals surface area contributed by atoms with E-state index < -0.39 is 0 Å². The van der Waals surface area contributed by atoms with Gasteiger partial charge in [-0.3, -0.25) is 0 Å². The summed E-state index contributed by atoms with van der Waals surface area (Å²) in [6.07, 6.45) is 2.45. The third-order valence-corrected chi connectivity index (χ3v) is 2.79. The van der Waals surface area contributed by atoms with Crippen LogP contribution in [0.4, 0.5) is 0 Å². The van der Waals surface area contributed by atoms with Crippen LogP contribution in [0.3, 0.4) is 0 Å². The van der Waals surface area contributed by atoms with Crippen LogP contribution < -0.4 is 10.1 Å². The third-order valence-electron chi connectivity index (χ3n) is 2.79. The third kappa shape index (κ3) is 3.01. The molecule has 1 aliphatic rings. The number of hydrogen-bond acceptors (Lipinski definition) is 2. The molecule has 0 aromatic heterocycles. The van der Waals surface area contributed by atoms with E-state index in [2.05, 4.69) is 17.2 Å². The standard InChI is InChI=1S/C14H17NO/c1-16-14-6-2-4-12(10-14)7-8-13-5-3-9-15-11-13/h2,4,6,10,13,15H,3,5,9,11H2,1H3. The second kappa shape index (κ2) is 5.58. The Morgan fingerprint density at radius 3 is 3.12 bits per heavy atom. The predicted octanol–water partition coefficient (Wildman–Crippen LogP) is 2.05. The van der Waals surface area contributed by atoms with Crippen LogP contribution in [-0.2, 0) is 0 Å². The molecule has 1 heterocycles. The first-order valence-electron chi connectivity index (χ1n) is 5.75. The van der Waals surface area contributed by atoms with Crippen LogP contribution in [0.15, 0.2) is 24.3 Å². The average Bonchev–Trinajstić information content (AvgIpc) is 2.38. The predicted molar refractivity (Wildman–Crippen MR) is 65.5 cm³/mol. The van der Waals surface area contributed by atoms with Crippen LogP contribution >= 0.6 is 0 Å². The summed E-state index contributed by atoms with van der Waals surface area (Å²) >= 11 is 0. The number of piperidine rings is 1. The molecular formula is C14H17NO. The van der Waals surface area contributed by atoms with Crippen LogP contribution in [0.2, 0.25) is 0 Å². The van der Waals surface area contributed by atoms with E-state index in [-0.39, 0.29) is 0 Å². The van der Waals surface area contributed by atoms with Gasteiger partial charge in [0.2, 0.25) is 0 Å². The Hall–Kier alpha value is -1.46. The lowest BCUT2D eigenvalue weighted by molar-refractivity contribution is 0.414. The molecule has 2 rings (SSSR count). The number of hydrogen-bond donors (Lipinski definition) is 1. The summed E-state index contributed by atoms with van der Waals surface area (Å²) in [6, 6.07) is 7.91. The molecule has 0 saturated carbocycles. The van der Waals surface area contributed by atoms with Crippen LogP contribution in [0.25, 0.3) is 0 Å². The molecule has 0 spiro atoms. The van der Waals surface area contributed by atoms with Crippen molar-refractivity contribution in [2.75, 3.05) is 20.2 Å². The van der Waals surface area contributed by atoms with Gasteiger partial charge in [0, 0.05) is 18.0 Å². The van der Waals surface area contributed by atoms with Crippen LogP contribution in [0.5, 0.6) is 5.75 Å². The molecule has 1 saturated heterocycles. The van der Waals surface area contributed by atoms with Gasteiger partial charge < -0.3 is 10.1 Å². The molecule has 0 bridgehead atoms. The maximum absolute atomic E-state index is 5.17. The lowest BCUT2D eigenvalue weighted by atomic mass is 10.00. The zero-order valence-electron chi connectivity index (χ0n) is 9.62. The summed E-state index contributed by atoms with van der Waals surface area (Å²) in [5, 5.41) is 3.37. The van der Waals surface area contributed by atoms with Gasteiger partial charge in [0.15, 0.2) is 0 Å². The molecule has 0 aliphatic carbocycles. The topological polar surface area (TPSA) is 21.3 Å². The summed E-state index contributed by atoms with van der Waals surface area (Å²) in [4.78, 5) is 0. The van der Waals surface area contributed by atoms with Crippen molar-refractivity contribution in [3.8, 4) is 17.6 Å². The molecule has 1 aromatic carbocycles. The number of benzene rings is 1. The summed E-state index contributed by atoms with van der Waals surface area (Å²) in [5.74, 6) is 7.91. The fourth-order valence-corrected chi connectivity index (χ4v) is 1.86. The Morgan fingerprint density at radius 2 is 2.38 bits per heavy atom. The normalized spacial score (nSPS) is 19.7. The molecule has 84 valence electrons. The van der Waals surface area contributed by atoms with Crippen LogP contribution in [0.1, 0.15) is 18.4 Å². The highest BCUT2D eigenvalue weighted by atomic mass is 16.5. The van der Waals surface area contributed by atoms with Gasteiger partial charge in [0.1, 0.15) is 5.75 Å². The van der Waals surface area contributed by atoms with Crippen molar-refractivity contribution in [1.82, 2.24) is 5.32 Å². The van der Waals surface area contributed by atoms with Crippen LogP contribution in [-0.4, -0.2) is 20.2 Å². The maximum atomic E-state index is 5.17. The highest BCUT2D eigenvalue weighted by molar-refractivity contribution is 5.40. The minimum absolute atomic E-state index is 0.500. The Kier molecular flexibility index (Phi) is 3.85. The molecule has 1 atom stereocenters. The quantitative estimate of drug-likeness (QED) is 0.724. The molecule has 1 fully saturated rings. The molecule has 1 aliphatic heterocycles. The molecule has 1 N–H and O–H groups in total. The Balaban J connectivity index is 2.04. The fraction of sp³-hybridized carbons (Fsp3) is 0.429. The first-order valence-corrected chi connectivity index (χ1v) is 5.75. The molecule has 2 heteroatoms. The molecular weight excluding hydrogens is 198 g/mol. The van der Waals surface area contributed by atoms with E-state index in [9.17, 15) is 0 Å². The first kappa shape index (κ1) is 11.0. The monoisotopic (exact) mass is 215 g/mol. The zero-order valence-corrected chi connectivity index (χ0v) is 9.62. The SMILES string of the molecule is COc1cccc(C#CC2CCCNC2)c1. The summed E-state index contributed by atoms with van der Waals surface area (Å²) in [6.45, 7) is 2.16.